The molecule has 0 spiro atoms. The molecule has 5 heteroatoms. The van der Waals surface area contributed by atoms with E-state index < -0.39 is 6.10 Å². The molecule has 0 saturated carbocycles. The minimum absolute atomic E-state index is 0.0178. The molecule has 1 aliphatic rings. The minimum atomic E-state index is -0.556. The predicted molar refractivity (Wildman–Crippen MR) is 127 cm³/mol. The first-order chi connectivity index (χ1) is 15.7. The number of amides is 1. The quantitative estimate of drug-likeness (QED) is 0.567. The molecule has 0 radical (unpaired) electrons. The number of ether oxygens (including phenoxy) is 1. The molecule has 0 aromatic heterocycles. The van der Waals surface area contributed by atoms with E-state index >= 15 is 0 Å². The predicted octanol–water partition coefficient (Wildman–Crippen LogP) is 3.99. The molecule has 2 N–H and O–H groups in total. The highest BCUT2D eigenvalue weighted by Gasteiger charge is 2.22. The molecule has 1 amide bonds. The Kier molecular flexibility index (Phi) is 7.54. The second kappa shape index (κ2) is 10.9. The number of carbonyl (C=O) groups excluding carboxylic acids is 1. The summed E-state index contributed by atoms with van der Waals surface area (Å²) in [5, 5.41) is 13.5. The number of nitrogens with one attached hydrogen (secondary N) is 1. The van der Waals surface area contributed by atoms with Crippen LogP contribution in [0.3, 0.4) is 0 Å². The molecule has 1 saturated heterocycles. The Bertz CT molecular complexity index is 969. The first-order valence-corrected chi connectivity index (χ1v) is 11.2. The molecule has 166 valence electrons. The molecular formula is C27H30N2O3. The van der Waals surface area contributed by atoms with Gasteiger partial charge in [-0.3, -0.25) is 4.79 Å². The van der Waals surface area contributed by atoms with E-state index in [1.165, 1.54) is 5.56 Å². The second-order valence-electron chi connectivity index (χ2n) is 8.27. The van der Waals surface area contributed by atoms with E-state index in [1.807, 2.05) is 72.8 Å². The number of piperidine rings is 1. The van der Waals surface area contributed by atoms with Crippen molar-refractivity contribution in [3.8, 4) is 16.9 Å². The van der Waals surface area contributed by atoms with Crippen LogP contribution in [0.4, 0.5) is 0 Å². The molecule has 1 heterocycles. The lowest BCUT2D eigenvalue weighted by molar-refractivity contribution is 0.0568. The molecule has 3 aromatic rings. The summed E-state index contributed by atoms with van der Waals surface area (Å²) >= 11 is 0. The van der Waals surface area contributed by atoms with Crippen LogP contribution in [0.2, 0.25) is 0 Å². The fourth-order valence-electron chi connectivity index (χ4n) is 4.04. The summed E-state index contributed by atoms with van der Waals surface area (Å²) in [6.07, 6.45) is 1.21. The first-order valence-electron chi connectivity index (χ1n) is 11.2. The van der Waals surface area contributed by atoms with Crippen molar-refractivity contribution in [1.82, 2.24) is 10.2 Å². The summed E-state index contributed by atoms with van der Waals surface area (Å²) in [7, 11) is 0. The van der Waals surface area contributed by atoms with E-state index in [1.54, 1.807) is 0 Å². The molecule has 0 bridgehead atoms. The standard InChI is InChI=1S/C27H30N2O3/c30-25(20-32-26-13-11-22(12-14-26)21-7-3-1-4-8-21)19-29-17-15-24(16-18-29)28-27(31)23-9-5-2-6-10-23/h1-14,24-25,30H,15-20H2,(H,28,31). The molecule has 5 nitrogen and oxygen atoms in total. The van der Waals surface area contributed by atoms with Crippen molar-refractivity contribution >= 4 is 5.91 Å². The first kappa shape index (κ1) is 22.1. The fourth-order valence-corrected chi connectivity index (χ4v) is 4.04. The van der Waals surface area contributed by atoms with Gasteiger partial charge >= 0.3 is 0 Å². The average molecular weight is 431 g/mol. The van der Waals surface area contributed by atoms with Crippen LogP contribution in [0.15, 0.2) is 84.9 Å². The van der Waals surface area contributed by atoms with Crippen molar-refractivity contribution in [3.63, 3.8) is 0 Å². The maximum Gasteiger partial charge on any atom is 0.251 e. The summed E-state index contributed by atoms with van der Waals surface area (Å²) in [5.74, 6) is 0.738. The Morgan fingerprint density at radius 1 is 0.906 bits per heavy atom. The highest BCUT2D eigenvalue weighted by Crippen LogP contribution is 2.22. The SMILES string of the molecule is O=C(NC1CCN(CC(O)COc2ccc(-c3ccccc3)cc2)CC1)c1ccccc1. The van der Waals surface area contributed by atoms with Gasteiger partial charge in [-0.05, 0) is 48.2 Å². The second-order valence-corrected chi connectivity index (χ2v) is 8.27. The van der Waals surface area contributed by atoms with Crippen LogP contribution >= 0.6 is 0 Å². The van der Waals surface area contributed by atoms with Crippen LogP contribution in [0, 0.1) is 0 Å². The highest BCUT2D eigenvalue weighted by molar-refractivity contribution is 5.94. The highest BCUT2D eigenvalue weighted by atomic mass is 16.5. The van der Waals surface area contributed by atoms with Gasteiger partial charge in [0, 0.05) is 31.2 Å². The minimum Gasteiger partial charge on any atom is -0.491 e. The number of hydrogen-bond donors (Lipinski definition) is 2. The van der Waals surface area contributed by atoms with Crippen LogP contribution < -0.4 is 10.1 Å². The smallest absolute Gasteiger partial charge is 0.251 e. The molecule has 1 atom stereocenters. The molecule has 0 aliphatic carbocycles. The van der Waals surface area contributed by atoms with E-state index in [-0.39, 0.29) is 18.6 Å². The van der Waals surface area contributed by atoms with Gasteiger partial charge in [0.05, 0.1) is 0 Å². The Hall–Kier alpha value is -3.15. The van der Waals surface area contributed by atoms with E-state index in [0.717, 1.165) is 37.2 Å². The number of carbonyl (C=O) groups is 1. The number of aliphatic hydroxyl groups is 1. The summed E-state index contributed by atoms with van der Waals surface area (Å²) in [6, 6.07) is 27.6. The van der Waals surface area contributed by atoms with Gasteiger partial charge in [-0.25, -0.2) is 0 Å². The summed E-state index contributed by atoms with van der Waals surface area (Å²) < 4.78 is 5.79. The molecule has 1 unspecified atom stereocenters. The van der Waals surface area contributed by atoms with Gasteiger partial charge in [0.1, 0.15) is 18.5 Å². The van der Waals surface area contributed by atoms with Gasteiger partial charge in [-0.2, -0.15) is 0 Å². The van der Waals surface area contributed by atoms with Crippen molar-refractivity contribution in [2.24, 2.45) is 0 Å². The summed E-state index contributed by atoms with van der Waals surface area (Å²) in [4.78, 5) is 14.5. The largest absolute Gasteiger partial charge is 0.491 e. The average Bonchev–Trinajstić information content (AvgIpc) is 2.85. The molecule has 4 rings (SSSR count). The van der Waals surface area contributed by atoms with Gasteiger partial charge < -0.3 is 20.1 Å². The van der Waals surface area contributed by atoms with Crippen molar-refractivity contribution in [3.05, 3.63) is 90.5 Å². The number of benzene rings is 3. The number of hydrogen-bond acceptors (Lipinski definition) is 4. The van der Waals surface area contributed by atoms with Crippen molar-refractivity contribution < 1.29 is 14.6 Å². The third-order valence-corrected chi connectivity index (χ3v) is 5.83. The van der Waals surface area contributed by atoms with E-state index in [9.17, 15) is 9.90 Å². The van der Waals surface area contributed by atoms with Gasteiger partial charge in [0.25, 0.3) is 5.91 Å². The normalized spacial score (nSPS) is 15.8. The van der Waals surface area contributed by atoms with Crippen molar-refractivity contribution in [2.45, 2.75) is 25.0 Å². The molecule has 1 fully saturated rings. The Balaban J connectivity index is 1.17. The van der Waals surface area contributed by atoms with E-state index in [2.05, 4.69) is 22.3 Å². The van der Waals surface area contributed by atoms with Crippen LogP contribution in [-0.2, 0) is 0 Å². The fraction of sp³-hybridized carbons (Fsp3) is 0.296. The Morgan fingerprint density at radius 3 is 2.16 bits per heavy atom. The zero-order valence-corrected chi connectivity index (χ0v) is 18.2. The number of β-amino-alcohol motifs (C(OH)–C–C–N with tert-alkyl or cyclic N) is 1. The van der Waals surface area contributed by atoms with Crippen LogP contribution in [0.5, 0.6) is 5.75 Å². The lowest BCUT2D eigenvalue weighted by Gasteiger charge is -2.33. The number of aliphatic hydroxyl groups excluding tert-OH is 1. The van der Waals surface area contributed by atoms with Gasteiger partial charge in [0.2, 0.25) is 0 Å². The van der Waals surface area contributed by atoms with E-state index in [4.69, 9.17) is 4.74 Å². The lowest BCUT2D eigenvalue weighted by Crippen LogP contribution is -2.47. The summed E-state index contributed by atoms with van der Waals surface area (Å²) in [5.41, 5.74) is 3.00. The number of likely N-dealkylation sites (tertiary alicyclic amines) is 1. The van der Waals surface area contributed by atoms with Crippen LogP contribution in [-0.4, -0.2) is 54.3 Å². The molecular weight excluding hydrogens is 400 g/mol. The zero-order chi connectivity index (χ0) is 22.2. The molecule has 3 aromatic carbocycles. The van der Waals surface area contributed by atoms with Gasteiger partial charge in [-0.15, -0.1) is 0 Å². The number of rotatable bonds is 8. The summed E-state index contributed by atoms with van der Waals surface area (Å²) in [6.45, 7) is 2.53. The Labute approximate surface area is 189 Å². The van der Waals surface area contributed by atoms with Gasteiger partial charge in [0.15, 0.2) is 0 Å². The van der Waals surface area contributed by atoms with Crippen LogP contribution in [0.25, 0.3) is 11.1 Å². The van der Waals surface area contributed by atoms with Crippen LogP contribution in [0.1, 0.15) is 23.2 Å². The van der Waals surface area contributed by atoms with E-state index in [0.29, 0.717) is 12.1 Å². The zero-order valence-electron chi connectivity index (χ0n) is 18.2. The topological polar surface area (TPSA) is 61.8 Å². The van der Waals surface area contributed by atoms with Crippen molar-refractivity contribution in [2.75, 3.05) is 26.2 Å². The number of nitrogens with zero attached hydrogens (tertiary/aromatic N) is 1. The third kappa shape index (κ3) is 6.19. The maximum absolute atomic E-state index is 12.3. The van der Waals surface area contributed by atoms with Crippen molar-refractivity contribution in [1.29, 1.82) is 0 Å². The third-order valence-electron chi connectivity index (χ3n) is 5.83. The molecule has 1 aliphatic heterocycles. The molecule has 32 heavy (non-hydrogen) atoms. The lowest BCUT2D eigenvalue weighted by atomic mass is 10.0. The maximum atomic E-state index is 12.3. The monoisotopic (exact) mass is 430 g/mol. The Morgan fingerprint density at radius 2 is 1.50 bits per heavy atom. The van der Waals surface area contributed by atoms with Gasteiger partial charge in [-0.1, -0.05) is 60.7 Å².